The maximum atomic E-state index is 12.9. The number of halogens is 1. The molecule has 1 aliphatic heterocycles. The van der Waals surface area contributed by atoms with E-state index >= 15 is 0 Å². The molecule has 3 amide bonds. The summed E-state index contributed by atoms with van der Waals surface area (Å²) in [4.78, 5) is 27.3. The van der Waals surface area contributed by atoms with Gasteiger partial charge >= 0.3 is 6.03 Å². The van der Waals surface area contributed by atoms with E-state index in [1.165, 1.54) is 12.1 Å². The van der Waals surface area contributed by atoms with Crippen LogP contribution in [0.1, 0.15) is 6.42 Å². The lowest BCUT2D eigenvalue weighted by Crippen LogP contribution is -2.45. The van der Waals surface area contributed by atoms with Gasteiger partial charge in [0.05, 0.1) is 6.04 Å². The molecule has 1 saturated heterocycles. The lowest BCUT2D eigenvalue weighted by Gasteiger charge is -2.17. The number of benzene rings is 1. The van der Waals surface area contributed by atoms with E-state index in [2.05, 4.69) is 10.6 Å². The fourth-order valence-corrected chi connectivity index (χ4v) is 2.30. The number of carbonyl (C=O) groups excluding carboxylic acids is 2. The Bertz CT molecular complexity index is 533. The van der Waals surface area contributed by atoms with Gasteiger partial charge in [-0.25, -0.2) is 9.18 Å². The minimum Gasteiger partial charge on any atom is -0.337 e. The second-order valence-corrected chi connectivity index (χ2v) is 5.59. The second kappa shape index (κ2) is 7.22. The van der Waals surface area contributed by atoms with Gasteiger partial charge in [-0.1, -0.05) is 0 Å². The van der Waals surface area contributed by atoms with Crippen molar-refractivity contribution in [2.45, 2.75) is 12.5 Å². The van der Waals surface area contributed by atoms with E-state index in [-0.39, 0.29) is 30.2 Å². The second-order valence-electron chi connectivity index (χ2n) is 5.59. The van der Waals surface area contributed by atoms with Crippen LogP contribution in [0.5, 0.6) is 0 Å². The minimum absolute atomic E-state index is 0.0785. The lowest BCUT2D eigenvalue weighted by molar-refractivity contribution is -0.117. The summed E-state index contributed by atoms with van der Waals surface area (Å²) in [7, 11) is 3.85. The van der Waals surface area contributed by atoms with Crippen LogP contribution < -0.4 is 15.5 Å². The number of likely N-dealkylation sites (N-methyl/N-ethyl adjacent to an activating group) is 1. The van der Waals surface area contributed by atoms with Gasteiger partial charge in [-0.05, 0) is 38.4 Å². The molecular formula is C15H21FN4O2. The topological polar surface area (TPSA) is 64.7 Å². The Morgan fingerprint density at radius 1 is 1.36 bits per heavy atom. The normalized spacial score (nSPS) is 17.9. The van der Waals surface area contributed by atoms with Crippen molar-refractivity contribution in [1.82, 2.24) is 15.5 Å². The van der Waals surface area contributed by atoms with Crippen LogP contribution in [-0.2, 0) is 4.79 Å². The quantitative estimate of drug-likeness (QED) is 0.845. The van der Waals surface area contributed by atoms with E-state index in [0.29, 0.717) is 18.8 Å². The molecule has 0 aromatic heterocycles. The van der Waals surface area contributed by atoms with Crippen LogP contribution in [-0.4, -0.2) is 56.6 Å². The first-order valence-electron chi connectivity index (χ1n) is 7.20. The number of nitrogens with zero attached hydrogens (tertiary/aromatic N) is 2. The number of urea groups is 1. The van der Waals surface area contributed by atoms with E-state index < -0.39 is 0 Å². The molecule has 0 unspecified atom stereocenters. The van der Waals surface area contributed by atoms with Gasteiger partial charge in [-0.2, -0.15) is 0 Å². The minimum atomic E-state index is -0.342. The van der Waals surface area contributed by atoms with Crippen LogP contribution >= 0.6 is 0 Å². The van der Waals surface area contributed by atoms with Crippen molar-refractivity contribution < 1.29 is 14.0 Å². The summed E-state index contributed by atoms with van der Waals surface area (Å²) < 4.78 is 12.9. The average molecular weight is 308 g/mol. The molecule has 2 N–H and O–H groups in total. The number of hydrogen-bond donors (Lipinski definition) is 2. The van der Waals surface area contributed by atoms with Gasteiger partial charge in [-0.3, -0.25) is 4.79 Å². The summed E-state index contributed by atoms with van der Waals surface area (Å²) in [5.41, 5.74) is 0.642. The molecule has 1 aromatic carbocycles. The third-order valence-electron chi connectivity index (χ3n) is 3.44. The molecule has 1 aromatic rings. The molecular weight excluding hydrogens is 287 g/mol. The summed E-state index contributed by atoms with van der Waals surface area (Å²) >= 11 is 0. The van der Waals surface area contributed by atoms with E-state index in [4.69, 9.17) is 0 Å². The van der Waals surface area contributed by atoms with Gasteiger partial charge in [0, 0.05) is 31.7 Å². The Labute approximate surface area is 129 Å². The molecule has 0 saturated carbocycles. The van der Waals surface area contributed by atoms with Crippen LogP contribution in [0.2, 0.25) is 0 Å². The predicted octanol–water partition coefficient (Wildman–Crippen LogP) is 0.792. The molecule has 0 aliphatic carbocycles. The zero-order valence-corrected chi connectivity index (χ0v) is 12.8. The fraction of sp³-hybridized carbons (Fsp3) is 0.467. The molecule has 120 valence electrons. The summed E-state index contributed by atoms with van der Waals surface area (Å²) in [5.74, 6) is -0.421. The Kier molecular flexibility index (Phi) is 5.32. The molecule has 7 heteroatoms. The van der Waals surface area contributed by atoms with Gasteiger partial charge in [0.25, 0.3) is 0 Å². The highest BCUT2D eigenvalue weighted by atomic mass is 19.1. The summed E-state index contributed by atoms with van der Waals surface area (Å²) in [6, 6.07) is 5.24. The van der Waals surface area contributed by atoms with Crippen molar-refractivity contribution in [3.63, 3.8) is 0 Å². The molecule has 1 aliphatic rings. The molecule has 22 heavy (non-hydrogen) atoms. The third-order valence-corrected chi connectivity index (χ3v) is 3.44. The summed E-state index contributed by atoms with van der Waals surface area (Å²) in [6.45, 7) is 1.69. The van der Waals surface area contributed by atoms with Crippen LogP contribution in [0.3, 0.4) is 0 Å². The predicted molar refractivity (Wildman–Crippen MR) is 82.2 cm³/mol. The van der Waals surface area contributed by atoms with Crippen molar-refractivity contribution in [3.8, 4) is 0 Å². The maximum absolute atomic E-state index is 12.9. The molecule has 0 spiro atoms. The third kappa shape index (κ3) is 4.42. The van der Waals surface area contributed by atoms with Gasteiger partial charge in [-0.15, -0.1) is 0 Å². The number of anilines is 1. The first-order valence-corrected chi connectivity index (χ1v) is 7.20. The van der Waals surface area contributed by atoms with E-state index in [0.717, 1.165) is 6.54 Å². The van der Waals surface area contributed by atoms with Crippen LogP contribution in [0.15, 0.2) is 24.3 Å². The molecule has 2 rings (SSSR count). The number of hydrogen-bond acceptors (Lipinski definition) is 3. The molecule has 0 radical (unpaired) electrons. The monoisotopic (exact) mass is 308 g/mol. The Morgan fingerprint density at radius 3 is 2.68 bits per heavy atom. The van der Waals surface area contributed by atoms with E-state index in [9.17, 15) is 14.0 Å². The molecule has 1 atom stereocenters. The Morgan fingerprint density at radius 2 is 2.05 bits per heavy atom. The SMILES string of the molecule is CN(C)CCNC(=O)N[C@H]1CC(=O)N(c2ccc(F)cc2)C1. The van der Waals surface area contributed by atoms with Crippen LogP contribution in [0.25, 0.3) is 0 Å². The lowest BCUT2D eigenvalue weighted by atomic mass is 10.2. The average Bonchev–Trinajstić information content (AvgIpc) is 2.80. The van der Waals surface area contributed by atoms with Crippen LogP contribution in [0.4, 0.5) is 14.9 Å². The highest BCUT2D eigenvalue weighted by Crippen LogP contribution is 2.21. The van der Waals surface area contributed by atoms with Gasteiger partial charge in [0.2, 0.25) is 5.91 Å². The van der Waals surface area contributed by atoms with Crippen molar-refractivity contribution in [2.75, 3.05) is 38.6 Å². The Balaban J connectivity index is 1.84. The summed E-state index contributed by atoms with van der Waals surface area (Å²) in [5, 5.41) is 5.54. The van der Waals surface area contributed by atoms with Gasteiger partial charge < -0.3 is 20.4 Å². The largest absolute Gasteiger partial charge is 0.337 e. The summed E-state index contributed by atoms with van der Waals surface area (Å²) in [6.07, 6.45) is 0.248. The van der Waals surface area contributed by atoms with E-state index in [1.807, 2.05) is 19.0 Å². The number of carbonyl (C=O) groups is 2. The highest BCUT2D eigenvalue weighted by Gasteiger charge is 2.31. The van der Waals surface area contributed by atoms with Gasteiger partial charge in [0.1, 0.15) is 5.82 Å². The molecule has 0 bridgehead atoms. The van der Waals surface area contributed by atoms with E-state index in [1.54, 1.807) is 17.0 Å². The first kappa shape index (κ1) is 16.2. The standard InChI is InChI=1S/C15H21FN4O2/c1-19(2)8-7-17-15(22)18-12-9-14(21)20(10-12)13-5-3-11(16)4-6-13/h3-6,12H,7-10H2,1-2H3,(H2,17,18,22)/t12-/m0/s1. The number of rotatable bonds is 5. The fourth-order valence-electron chi connectivity index (χ4n) is 2.30. The van der Waals surface area contributed by atoms with Crippen LogP contribution in [0, 0.1) is 5.82 Å². The smallest absolute Gasteiger partial charge is 0.315 e. The van der Waals surface area contributed by atoms with Crippen molar-refractivity contribution >= 4 is 17.6 Å². The zero-order chi connectivity index (χ0) is 16.1. The zero-order valence-electron chi connectivity index (χ0n) is 12.8. The number of amides is 3. The molecule has 6 nitrogen and oxygen atoms in total. The highest BCUT2D eigenvalue weighted by molar-refractivity contribution is 5.96. The molecule has 1 fully saturated rings. The molecule has 1 heterocycles. The maximum Gasteiger partial charge on any atom is 0.315 e. The Hall–Kier alpha value is -2.15. The number of nitrogens with one attached hydrogen (secondary N) is 2. The van der Waals surface area contributed by atoms with Gasteiger partial charge in [0.15, 0.2) is 0 Å². The van der Waals surface area contributed by atoms with Crippen molar-refractivity contribution in [2.24, 2.45) is 0 Å². The van der Waals surface area contributed by atoms with Crippen molar-refractivity contribution in [1.29, 1.82) is 0 Å². The first-order chi connectivity index (χ1) is 10.5. The van der Waals surface area contributed by atoms with Crippen molar-refractivity contribution in [3.05, 3.63) is 30.1 Å².